The van der Waals surface area contributed by atoms with E-state index in [0.29, 0.717) is 11.0 Å². The van der Waals surface area contributed by atoms with Crippen LogP contribution in [0.15, 0.2) is 29.2 Å². The van der Waals surface area contributed by atoms with Gasteiger partial charge in [0.05, 0.1) is 23.1 Å². The van der Waals surface area contributed by atoms with Crippen molar-refractivity contribution in [3.05, 3.63) is 40.4 Å². The standard InChI is InChI=1S/C17H21N3O3S2/c1-10(2)15-16-13(9-18-15)24-17(20-16)19-14(21)8-11-4-6-12(7-5-11)25(3,22)23/h4-7,10,15,18H,8-9H2,1-3H3,(H,19,20,21)/t15-/m0/s1. The zero-order chi connectivity index (χ0) is 18.2. The van der Waals surface area contributed by atoms with Crippen LogP contribution in [0.3, 0.4) is 0 Å². The fraction of sp³-hybridized carbons (Fsp3) is 0.412. The molecular formula is C17H21N3O3S2. The Labute approximate surface area is 151 Å². The minimum absolute atomic E-state index is 0.159. The van der Waals surface area contributed by atoms with Crippen LogP contribution in [0.2, 0.25) is 0 Å². The van der Waals surface area contributed by atoms with Gasteiger partial charge in [0.1, 0.15) is 0 Å². The van der Waals surface area contributed by atoms with E-state index in [1.807, 2.05) is 0 Å². The second-order valence-electron chi connectivity index (χ2n) is 6.57. The highest BCUT2D eigenvalue weighted by molar-refractivity contribution is 7.90. The highest BCUT2D eigenvalue weighted by Crippen LogP contribution is 2.35. The van der Waals surface area contributed by atoms with Crippen molar-refractivity contribution in [2.75, 3.05) is 11.6 Å². The van der Waals surface area contributed by atoms with Gasteiger partial charge in [0.15, 0.2) is 15.0 Å². The molecule has 3 rings (SSSR count). The van der Waals surface area contributed by atoms with Gasteiger partial charge in [0, 0.05) is 17.7 Å². The van der Waals surface area contributed by atoms with Crippen molar-refractivity contribution in [3.8, 4) is 0 Å². The number of nitrogens with one attached hydrogen (secondary N) is 2. The molecule has 1 aliphatic heterocycles. The van der Waals surface area contributed by atoms with Gasteiger partial charge in [-0.15, -0.1) is 11.3 Å². The third-order valence-corrected chi connectivity index (χ3v) is 6.25. The highest BCUT2D eigenvalue weighted by Gasteiger charge is 2.29. The topological polar surface area (TPSA) is 88.2 Å². The van der Waals surface area contributed by atoms with Crippen molar-refractivity contribution >= 4 is 32.2 Å². The molecule has 0 fully saturated rings. The quantitative estimate of drug-likeness (QED) is 0.833. The first-order valence-electron chi connectivity index (χ1n) is 8.06. The van der Waals surface area contributed by atoms with E-state index >= 15 is 0 Å². The number of anilines is 1. The molecule has 25 heavy (non-hydrogen) atoms. The summed E-state index contributed by atoms with van der Waals surface area (Å²) in [5.41, 5.74) is 1.79. The molecule has 0 saturated heterocycles. The third-order valence-electron chi connectivity index (χ3n) is 4.13. The molecule has 0 spiro atoms. The number of thiazole rings is 1. The predicted molar refractivity (Wildman–Crippen MR) is 98.4 cm³/mol. The Bertz CT molecular complexity index is 886. The van der Waals surface area contributed by atoms with Gasteiger partial charge in [0.2, 0.25) is 5.91 Å². The van der Waals surface area contributed by atoms with Crippen molar-refractivity contribution < 1.29 is 13.2 Å². The molecule has 2 aromatic rings. The second kappa shape index (κ2) is 6.86. The molecule has 8 heteroatoms. The molecule has 1 aromatic heterocycles. The molecule has 1 aromatic carbocycles. The highest BCUT2D eigenvalue weighted by atomic mass is 32.2. The van der Waals surface area contributed by atoms with Gasteiger partial charge in [0.25, 0.3) is 0 Å². The van der Waals surface area contributed by atoms with Crippen LogP contribution in [-0.4, -0.2) is 25.6 Å². The molecular weight excluding hydrogens is 358 g/mol. The number of hydrogen-bond acceptors (Lipinski definition) is 6. The predicted octanol–water partition coefficient (Wildman–Crippen LogP) is 2.53. The molecule has 134 valence electrons. The summed E-state index contributed by atoms with van der Waals surface area (Å²) in [5.74, 6) is 0.286. The van der Waals surface area contributed by atoms with E-state index in [-0.39, 0.29) is 23.3 Å². The third kappa shape index (κ3) is 4.08. The Morgan fingerprint density at radius 1 is 1.36 bits per heavy atom. The molecule has 2 heterocycles. The average Bonchev–Trinajstić information content (AvgIpc) is 3.06. The number of carbonyl (C=O) groups is 1. The Morgan fingerprint density at radius 2 is 2.04 bits per heavy atom. The van der Waals surface area contributed by atoms with Crippen LogP contribution < -0.4 is 10.6 Å². The van der Waals surface area contributed by atoms with Gasteiger partial charge >= 0.3 is 0 Å². The largest absolute Gasteiger partial charge is 0.303 e. The van der Waals surface area contributed by atoms with Gasteiger partial charge in [-0.2, -0.15) is 0 Å². The Balaban J connectivity index is 1.65. The summed E-state index contributed by atoms with van der Waals surface area (Å²) in [6.45, 7) is 5.08. The molecule has 1 aliphatic rings. The molecule has 0 saturated carbocycles. The average molecular weight is 380 g/mol. The summed E-state index contributed by atoms with van der Waals surface area (Å²) in [5, 5.41) is 6.89. The maximum absolute atomic E-state index is 12.2. The molecule has 0 bridgehead atoms. The molecule has 0 aliphatic carbocycles. The van der Waals surface area contributed by atoms with Gasteiger partial charge in [-0.25, -0.2) is 13.4 Å². The lowest BCUT2D eigenvalue weighted by molar-refractivity contribution is -0.115. The first-order valence-corrected chi connectivity index (χ1v) is 10.8. The van der Waals surface area contributed by atoms with E-state index in [0.717, 1.165) is 24.1 Å². The van der Waals surface area contributed by atoms with Crippen LogP contribution in [0.5, 0.6) is 0 Å². The number of aromatic nitrogens is 1. The number of fused-ring (bicyclic) bond motifs is 1. The van der Waals surface area contributed by atoms with E-state index in [9.17, 15) is 13.2 Å². The minimum atomic E-state index is -3.22. The van der Waals surface area contributed by atoms with Gasteiger partial charge in [-0.3, -0.25) is 4.79 Å². The summed E-state index contributed by atoms with van der Waals surface area (Å²) in [6.07, 6.45) is 1.34. The van der Waals surface area contributed by atoms with Crippen molar-refractivity contribution in [2.24, 2.45) is 5.92 Å². The summed E-state index contributed by atoms with van der Waals surface area (Å²) >= 11 is 1.50. The van der Waals surface area contributed by atoms with Gasteiger partial charge in [-0.1, -0.05) is 26.0 Å². The first-order chi connectivity index (χ1) is 11.7. The SMILES string of the molecule is CC(C)[C@@H]1NCc2sc(NC(=O)Cc3ccc(S(C)(=O)=O)cc3)nc21. The monoisotopic (exact) mass is 379 g/mol. The van der Waals surface area contributed by atoms with Crippen LogP contribution in [0, 0.1) is 5.92 Å². The summed E-state index contributed by atoms with van der Waals surface area (Å²) < 4.78 is 22.9. The molecule has 0 radical (unpaired) electrons. The van der Waals surface area contributed by atoms with Crippen molar-refractivity contribution in [3.63, 3.8) is 0 Å². The number of sulfone groups is 1. The zero-order valence-corrected chi connectivity index (χ0v) is 16.0. The number of nitrogens with zero attached hydrogens (tertiary/aromatic N) is 1. The molecule has 2 N–H and O–H groups in total. The van der Waals surface area contributed by atoms with Crippen LogP contribution in [0.1, 0.15) is 36.0 Å². The van der Waals surface area contributed by atoms with Crippen LogP contribution in [0.25, 0.3) is 0 Å². The number of amides is 1. The van der Waals surface area contributed by atoms with Crippen LogP contribution in [0.4, 0.5) is 5.13 Å². The van der Waals surface area contributed by atoms with E-state index in [1.54, 1.807) is 12.1 Å². The summed E-state index contributed by atoms with van der Waals surface area (Å²) in [7, 11) is -3.22. The summed E-state index contributed by atoms with van der Waals surface area (Å²) in [4.78, 5) is 18.2. The Kier molecular flexibility index (Phi) is 4.95. The number of carbonyl (C=O) groups excluding carboxylic acids is 1. The fourth-order valence-electron chi connectivity index (χ4n) is 2.84. The number of benzene rings is 1. The normalized spacial score (nSPS) is 16.9. The van der Waals surface area contributed by atoms with Crippen LogP contribution >= 0.6 is 11.3 Å². The fourth-order valence-corrected chi connectivity index (χ4v) is 4.45. The molecule has 0 unspecified atom stereocenters. The molecule has 1 atom stereocenters. The lowest BCUT2D eigenvalue weighted by Gasteiger charge is -2.14. The Hall–Kier alpha value is -1.77. The second-order valence-corrected chi connectivity index (χ2v) is 9.67. The van der Waals surface area contributed by atoms with Crippen LogP contribution in [-0.2, 0) is 27.6 Å². The van der Waals surface area contributed by atoms with E-state index in [2.05, 4.69) is 29.5 Å². The van der Waals surface area contributed by atoms with Crippen molar-refractivity contribution in [1.82, 2.24) is 10.3 Å². The van der Waals surface area contributed by atoms with E-state index < -0.39 is 9.84 Å². The Morgan fingerprint density at radius 3 is 2.64 bits per heavy atom. The van der Waals surface area contributed by atoms with Crippen molar-refractivity contribution in [1.29, 1.82) is 0 Å². The zero-order valence-electron chi connectivity index (χ0n) is 14.4. The number of hydrogen-bond donors (Lipinski definition) is 2. The smallest absolute Gasteiger partial charge is 0.230 e. The lowest BCUT2D eigenvalue weighted by Crippen LogP contribution is -2.19. The molecule has 1 amide bonds. The van der Waals surface area contributed by atoms with E-state index in [1.165, 1.54) is 28.3 Å². The van der Waals surface area contributed by atoms with Crippen molar-refractivity contribution in [2.45, 2.75) is 37.8 Å². The maximum atomic E-state index is 12.2. The van der Waals surface area contributed by atoms with Gasteiger partial charge in [-0.05, 0) is 23.6 Å². The maximum Gasteiger partial charge on any atom is 0.230 e. The first kappa shape index (κ1) is 18.0. The summed E-state index contributed by atoms with van der Waals surface area (Å²) in [6, 6.07) is 6.61. The van der Waals surface area contributed by atoms with E-state index in [4.69, 9.17) is 0 Å². The van der Waals surface area contributed by atoms with Gasteiger partial charge < -0.3 is 10.6 Å². The number of rotatable bonds is 5. The lowest BCUT2D eigenvalue weighted by atomic mass is 10.0. The minimum Gasteiger partial charge on any atom is -0.303 e. The molecule has 6 nitrogen and oxygen atoms in total.